The molecule has 0 aliphatic carbocycles. The Kier molecular flexibility index (Phi) is 6.02. The van der Waals surface area contributed by atoms with Gasteiger partial charge >= 0.3 is 7.25 Å². The quantitative estimate of drug-likeness (QED) is 0.543. The van der Waals surface area contributed by atoms with Gasteiger partial charge in [0.05, 0.1) is 26.8 Å². The van der Waals surface area contributed by atoms with Gasteiger partial charge in [-0.25, -0.2) is 8.42 Å². The normalized spacial score (nSPS) is 20.0. The Morgan fingerprint density at radius 1 is 1.09 bits per heavy atom. The van der Waals surface area contributed by atoms with Crippen molar-refractivity contribution in [3.8, 4) is 11.1 Å². The summed E-state index contributed by atoms with van der Waals surface area (Å²) in [6.45, 7) is 10.1. The summed E-state index contributed by atoms with van der Waals surface area (Å²) in [7, 11) is -3.83. The minimum absolute atomic E-state index is 0.269. The highest BCUT2D eigenvalue weighted by Crippen LogP contribution is 2.40. The summed E-state index contributed by atoms with van der Waals surface area (Å²) in [4.78, 5) is 6.89. The Labute approximate surface area is 201 Å². The zero-order valence-electron chi connectivity index (χ0n) is 19.7. The van der Waals surface area contributed by atoms with Gasteiger partial charge in [0.2, 0.25) is 0 Å². The Balaban J connectivity index is 1.73. The smallest absolute Gasteiger partial charge is 0.384 e. The van der Waals surface area contributed by atoms with Gasteiger partial charge in [0.1, 0.15) is 0 Å². The van der Waals surface area contributed by atoms with Gasteiger partial charge in [0.25, 0.3) is 0 Å². The van der Waals surface area contributed by atoms with E-state index in [1.807, 2.05) is 51.7 Å². The highest BCUT2D eigenvalue weighted by Gasteiger charge is 2.54. The van der Waals surface area contributed by atoms with Gasteiger partial charge in [-0.2, -0.15) is 0 Å². The summed E-state index contributed by atoms with van der Waals surface area (Å²) in [5.41, 5.74) is 3.55. The van der Waals surface area contributed by atoms with Crippen molar-refractivity contribution >= 4 is 34.3 Å². The molecule has 2 aliphatic heterocycles. The molecule has 0 spiro atoms. The van der Waals surface area contributed by atoms with Crippen molar-refractivity contribution in [3.05, 3.63) is 65.2 Å². The number of hydrogen-bond donors (Lipinski definition) is 0. The van der Waals surface area contributed by atoms with E-state index in [1.165, 1.54) is 6.26 Å². The van der Waals surface area contributed by atoms with Crippen molar-refractivity contribution in [3.63, 3.8) is 0 Å². The SMILES string of the molecule is CC1=CCC(c2ncc(Cl)cc2-c2ccc(S(C)(=O)=O)cc2)=CN1B1OC(C)(C)C(C)(C)O1. The van der Waals surface area contributed by atoms with Crippen LogP contribution in [0.15, 0.2) is 59.4 Å². The lowest BCUT2D eigenvalue weighted by Gasteiger charge is -2.32. The molecule has 0 atom stereocenters. The van der Waals surface area contributed by atoms with Crippen molar-refractivity contribution in [2.45, 2.75) is 57.1 Å². The molecule has 174 valence electrons. The maximum absolute atomic E-state index is 11.9. The molecule has 0 unspecified atom stereocenters. The van der Waals surface area contributed by atoms with E-state index in [-0.39, 0.29) is 4.90 Å². The lowest BCUT2D eigenvalue weighted by Crippen LogP contribution is -2.41. The van der Waals surface area contributed by atoms with E-state index in [2.05, 4.69) is 11.1 Å². The van der Waals surface area contributed by atoms with E-state index in [0.29, 0.717) is 11.4 Å². The van der Waals surface area contributed by atoms with E-state index in [0.717, 1.165) is 28.1 Å². The van der Waals surface area contributed by atoms with Crippen molar-refractivity contribution in [1.82, 2.24) is 9.79 Å². The van der Waals surface area contributed by atoms with Crippen LogP contribution in [0, 0.1) is 0 Å². The van der Waals surface area contributed by atoms with Gasteiger partial charge < -0.3 is 14.1 Å². The van der Waals surface area contributed by atoms with Gasteiger partial charge in [-0.1, -0.05) is 29.8 Å². The zero-order valence-corrected chi connectivity index (χ0v) is 21.3. The van der Waals surface area contributed by atoms with Crippen LogP contribution in [-0.2, 0) is 19.1 Å². The lowest BCUT2D eigenvalue weighted by molar-refractivity contribution is 0.00578. The second-order valence-corrected chi connectivity index (χ2v) is 12.0. The van der Waals surface area contributed by atoms with Crippen molar-refractivity contribution in [2.24, 2.45) is 0 Å². The predicted octanol–water partition coefficient (Wildman–Crippen LogP) is 5.34. The molecular formula is C24H28BClN2O4S. The van der Waals surface area contributed by atoms with Crippen LogP contribution >= 0.6 is 11.6 Å². The van der Waals surface area contributed by atoms with E-state index >= 15 is 0 Å². The van der Waals surface area contributed by atoms with Gasteiger partial charge in [0.15, 0.2) is 9.84 Å². The van der Waals surface area contributed by atoms with Crippen LogP contribution < -0.4 is 0 Å². The van der Waals surface area contributed by atoms with Crippen LogP contribution in [0.2, 0.25) is 5.02 Å². The first-order chi connectivity index (χ1) is 15.3. The molecule has 1 saturated heterocycles. The summed E-state index contributed by atoms with van der Waals surface area (Å²) < 4.78 is 36.2. The number of rotatable bonds is 4. The Hall–Kier alpha value is -2.13. The van der Waals surface area contributed by atoms with Gasteiger partial charge in [-0.05, 0) is 70.4 Å². The fourth-order valence-corrected chi connectivity index (χ4v) is 4.58. The zero-order chi connectivity index (χ0) is 24.2. The predicted molar refractivity (Wildman–Crippen MR) is 132 cm³/mol. The molecule has 2 aliphatic rings. The largest absolute Gasteiger partial charge is 0.598 e. The van der Waals surface area contributed by atoms with E-state index < -0.39 is 28.3 Å². The van der Waals surface area contributed by atoms with E-state index in [4.69, 9.17) is 20.9 Å². The molecular weight excluding hydrogens is 459 g/mol. The molecule has 2 aromatic rings. The molecule has 0 N–H and O–H groups in total. The molecule has 4 rings (SSSR count). The number of hydrogen-bond acceptors (Lipinski definition) is 6. The first-order valence-corrected chi connectivity index (χ1v) is 13.0. The Morgan fingerprint density at radius 2 is 1.70 bits per heavy atom. The topological polar surface area (TPSA) is 68.7 Å². The molecule has 0 bridgehead atoms. The van der Waals surface area contributed by atoms with E-state index in [1.54, 1.807) is 30.5 Å². The molecule has 6 nitrogen and oxygen atoms in total. The van der Waals surface area contributed by atoms with Gasteiger partial charge in [-0.3, -0.25) is 4.98 Å². The van der Waals surface area contributed by atoms with Gasteiger partial charge in [0, 0.05) is 29.9 Å². The first kappa shape index (κ1) is 24.0. The second kappa shape index (κ2) is 8.27. The number of halogens is 1. The molecule has 9 heteroatoms. The van der Waals surface area contributed by atoms with Crippen LogP contribution in [-0.4, -0.2) is 42.9 Å². The number of benzene rings is 1. The Morgan fingerprint density at radius 3 is 2.27 bits per heavy atom. The number of pyridine rings is 1. The third-order valence-corrected chi connectivity index (χ3v) is 7.87. The van der Waals surface area contributed by atoms with Crippen LogP contribution in [0.4, 0.5) is 0 Å². The molecule has 0 radical (unpaired) electrons. The summed E-state index contributed by atoms with van der Waals surface area (Å²) in [6.07, 6.45) is 7.64. The minimum Gasteiger partial charge on any atom is -0.384 e. The monoisotopic (exact) mass is 486 g/mol. The van der Waals surface area contributed by atoms with Crippen LogP contribution in [0.3, 0.4) is 0 Å². The highest BCUT2D eigenvalue weighted by molar-refractivity contribution is 7.90. The maximum atomic E-state index is 11.9. The average Bonchev–Trinajstić information content (AvgIpc) is 2.95. The first-order valence-electron chi connectivity index (χ1n) is 10.8. The highest BCUT2D eigenvalue weighted by atomic mass is 35.5. The molecule has 1 aromatic heterocycles. The number of nitrogens with zero attached hydrogens (tertiary/aromatic N) is 2. The third-order valence-electron chi connectivity index (χ3n) is 6.54. The fraction of sp³-hybridized carbons (Fsp3) is 0.375. The Bertz CT molecular complexity index is 1240. The summed E-state index contributed by atoms with van der Waals surface area (Å²) in [5, 5.41) is 0.506. The van der Waals surface area contributed by atoms with Crippen LogP contribution in [0.5, 0.6) is 0 Å². The average molecular weight is 487 g/mol. The van der Waals surface area contributed by atoms with Crippen molar-refractivity contribution in [2.75, 3.05) is 6.26 Å². The number of allylic oxidation sites excluding steroid dienone is 3. The standard InChI is InChI=1S/C24H28BClN2O4S/c1-16-7-8-18(15-28(16)25-31-23(2,3)24(4,5)32-25)22-21(13-19(26)14-27-22)17-9-11-20(12-10-17)33(6,29)30/h7,9-15H,8H2,1-6H3. The van der Waals surface area contributed by atoms with E-state index in [9.17, 15) is 8.42 Å². The van der Waals surface area contributed by atoms with Crippen molar-refractivity contribution < 1.29 is 17.7 Å². The minimum atomic E-state index is -3.28. The molecule has 1 fully saturated rings. The molecule has 1 aromatic carbocycles. The van der Waals surface area contributed by atoms with Crippen LogP contribution in [0.25, 0.3) is 16.7 Å². The fourth-order valence-electron chi connectivity index (χ4n) is 3.79. The lowest BCUT2D eigenvalue weighted by atomic mass is 9.90. The molecule has 33 heavy (non-hydrogen) atoms. The van der Waals surface area contributed by atoms with Gasteiger partial charge in [-0.15, -0.1) is 0 Å². The molecule has 0 saturated carbocycles. The number of aromatic nitrogens is 1. The molecule has 0 amide bonds. The third kappa shape index (κ3) is 4.62. The summed E-state index contributed by atoms with van der Waals surface area (Å²) >= 11 is 6.29. The number of sulfone groups is 1. The summed E-state index contributed by atoms with van der Waals surface area (Å²) in [5.74, 6) is 0. The maximum Gasteiger partial charge on any atom is 0.598 e. The second-order valence-electron chi connectivity index (χ2n) is 9.52. The summed E-state index contributed by atoms with van der Waals surface area (Å²) in [6, 6.07) is 8.62. The van der Waals surface area contributed by atoms with Crippen molar-refractivity contribution in [1.29, 1.82) is 0 Å². The van der Waals surface area contributed by atoms with Crippen LogP contribution in [0.1, 0.15) is 46.7 Å². The molecule has 3 heterocycles.